The highest BCUT2D eigenvalue weighted by Gasteiger charge is 2.09. The van der Waals surface area contributed by atoms with Crippen LogP contribution in [0.15, 0.2) is 36.7 Å². The molecule has 0 spiro atoms. The van der Waals surface area contributed by atoms with Gasteiger partial charge < -0.3 is 5.32 Å². The van der Waals surface area contributed by atoms with Gasteiger partial charge in [0, 0.05) is 24.0 Å². The zero-order chi connectivity index (χ0) is 13.3. The van der Waals surface area contributed by atoms with Gasteiger partial charge in [0.2, 0.25) is 0 Å². The molecule has 0 unspecified atom stereocenters. The molecular weight excluding hydrogens is 229 g/mol. The van der Waals surface area contributed by atoms with Crippen LogP contribution in [0.4, 0.5) is 10.1 Å². The summed E-state index contributed by atoms with van der Waals surface area (Å²) >= 11 is 0. The Hall–Kier alpha value is -2.10. The number of hydrogen-bond acceptors (Lipinski definition) is 2. The maximum absolute atomic E-state index is 13.9. The molecule has 1 aromatic heterocycles. The van der Waals surface area contributed by atoms with Crippen LogP contribution in [-0.2, 0) is 7.05 Å². The Balaban J connectivity index is 2.40. The minimum Gasteiger partial charge on any atom is -0.357 e. The summed E-state index contributed by atoms with van der Waals surface area (Å²) < 4.78 is 15.7. The molecule has 1 N–H and O–H groups in total. The van der Waals surface area contributed by atoms with Gasteiger partial charge in [-0.05, 0) is 31.5 Å². The highest BCUT2D eigenvalue weighted by Crippen LogP contribution is 2.26. The number of aryl methyl sites for hydroxylation is 1. The molecule has 4 heteroatoms. The summed E-state index contributed by atoms with van der Waals surface area (Å²) in [6, 6.07) is 5.10. The van der Waals surface area contributed by atoms with Crippen LogP contribution in [0.3, 0.4) is 0 Å². The molecule has 0 aliphatic rings. The van der Waals surface area contributed by atoms with E-state index in [2.05, 4.69) is 17.0 Å². The Morgan fingerprint density at radius 2 is 2.17 bits per heavy atom. The predicted molar refractivity (Wildman–Crippen MR) is 71.8 cm³/mol. The van der Waals surface area contributed by atoms with E-state index in [1.54, 1.807) is 23.9 Å². The first-order valence-corrected chi connectivity index (χ1v) is 5.70. The molecule has 2 aromatic rings. The standard InChI is InChI=1S/C14H16FN3/c1-9(2)17-14-6-5-11(7-13(14)15)12-8-16-18(4)10(12)3/h5-8,17H,1H2,2-4H3. The van der Waals surface area contributed by atoms with Crippen molar-refractivity contribution in [3.63, 3.8) is 0 Å². The van der Waals surface area contributed by atoms with Crippen LogP contribution in [0.2, 0.25) is 0 Å². The lowest BCUT2D eigenvalue weighted by Gasteiger charge is -2.08. The number of aromatic nitrogens is 2. The Labute approximate surface area is 106 Å². The third kappa shape index (κ3) is 2.27. The van der Waals surface area contributed by atoms with E-state index in [0.29, 0.717) is 11.4 Å². The lowest BCUT2D eigenvalue weighted by Crippen LogP contribution is -1.97. The molecule has 0 saturated heterocycles. The van der Waals surface area contributed by atoms with Gasteiger partial charge in [-0.2, -0.15) is 5.10 Å². The van der Waals surface area contributed by atoms with E-state index in [4.69, 9.17) is 0 Å². The van der Waals surface area contributed by atoms with Gasteiger partial charge in [0.25, 0.3) is 0 Å². The van der Waals surface area contributed by atoms with Crippen molar-refractivity contribution >= 4 is 5.69 Å². The molecule has 3 nitrogen and oxygen atoms in total. The Bertz CT molecular complexity index is 599. The number of benzene rings is 1. The van der Waals surface area contributed by atoms with Gasteiger partial charge in [0.15, 0.2) is 0 Å². The Morgan fingerprint density at radius 3 is 2.67 bits per heavy atom. The lowest BCUT2D eigenvalue weighted by molar-refractivity contribution is 0.632. The Kier molecular flexibility index (Phi) is 3.19. The molecule has 1 aromatic carbocycles. The molecule has 0 aliphatic carbocycles. The second-order valence-electron chi connectivity index (χ2n) is 4.37. The average molecular weight is 245 g/mol. The van der Waals surface area contributed by atoms with E-state index in [0.717, 1.165) is 16.8 Å². The number of rotatable bonds is 3. The molecule has 0 bridgehead atoms. The van der Waals surface area contributed by atoms with E-state index in [9.17, 15) is 4.39 Å². The monoisotopic (exact) mass is 245 g/mol. The van der Waals surface area contributed by atoms with Gasteiger partial charge in [0.05, 0.1) is 11.9 Å². The maximum atomic E-state index is 13.9. The quantitative estimate of drug-likeness (QED) is 0.897. The number of nitrogens with one attached hydrogen (secondary N) is 1. The summed E-state index contributed by atoms with van der Waals surface area (Å²) in [5.74, 6) is -0.293. The molecule has 0 atom stereocenters. The van der Waals surface area contributed by atoms with Crippen molar-refractivity contribution in [2.45, 2.75) is 13.8 Å². The molecule has 0 saturated carbocycles. The van der Waals surface area contributed by atoms with E-state index in [1.807, 2.05) is 20.0 Å². The second kappa shape index (κ2) is 4.64. The minimum absolute atomic E-state index is 0.293. The normalized spacial score (nSPS) is 10.4. The number of hydrogen-bond donors (Lipinski definition) is 1. The largest absolute Gasteiger partial charge is 0.357 e. The number of anilines is 1. The van der Waals surface area contributed by atoms with Crippen molar-refractivity contribution in [3.8, 4) is 11.1 Å². The fourth-order valence-corrected chi connectivity index (χ4v) is 1.80. The topological polar surface area (TPSA) is 29.9 Å². The third-order valence-corrected chi connectivity index (χ3v) is 2.86. The molecule has 2 rings (SSSR count). The number of nitrogens with zero attached hydrogens (tertiary/aromatic N) is 2. The third-order valence-electron chi connectivity index (χ3n) is 2.86. The highest BCUT2D eigenvalue weighted by molar-refractivity contribution is 5.68. The van der Waals surface area contributed by atoms with Crippen molar-refractivity contribution in [1.29, 1.82) is 0 Å². The summed E-state index contributed by atoms with van der Waals surface area (Å²) in [4.78, 5) is 0. The molecule has 0 aliphatic heterocycles. The summed E-state index contributed by atoms with van der Waals surface area (Å²) in [6.45, 7) is 7.45. The Morgan fingerprint density at radius 1 is 1.44 bits per heavy atom. The van der Waals surface area contributed by atoms with Gasteiger partial charge in [-0.15, -0.1) is 0 Å². The lowest BCUT2D eigenvalue weighted by atomic mass is 10.1. The first kappa shape index (κ1) is 12.4. The van der Waals surface area contributed by atoms with Gasteiger partial charge in [0.1, 0.15) is 5.82 Å². The van der Waals surface area contributed by atoms with Crippen molar-refractivity contribution in [2.75, 3.05) is 5.32 Å². The number of halogens is 1. The first-order chi connectivity index (χ1) is 8.49. The summed E-state index contributed by atoms with van der Waals surface area (Å²) in [6.07, 6.45) is 1.75. The van der Waals surface area contributed by atoms with Crippen molar-refractivity contribution in [2.24, 2.45) is 7.05 Å². The average Bonchev–Trinajstić information content (AvgIpc) is 2.62. The fraction of sp³-hybridized carbons (Fsp3) is 0.214. The van der Waals surface area contributed by atoms with Crippen LogP contribution in [0.1, 0.15) is 12.6 Å². The van der Waals surface area contributed by atoms with Gasteiger partial charge in [-0.3, -0.25) is 4.68 Å². The van der Waals surface area contributed by atoms with Crippen LogP contribution in [-0.4, -0.2) is 9.78 Å². The summed E-state index contributed by atoms with van der Waals surface area (Å²) in [7, 11) is 1.87. The molecule has 0 amide bonds. The summed E-state index contributed by atoms with van der Waals surface area (Å²) in [5.41, 5.74) is 3.92. The highest BCUT2D eigenvalue weighted by atomic mass is 19.1. The van der Waals surface area contributed by atoms with Crippen LogP contribution in [0.5, 0.6) is 0 Å². The maximum Gasteiger partial charge on any atom is 0.147 e. The predicted octanol–water partition coefficient (Wildman–Crippen LogP) is 3.48. The zero-order valence-electron chi connectivity index (χ0n) is 10.8. The molecular formula is C14H16FN3. The van der Waals surface area contributed by atoms with Crippen LogP contribution in [0.25, 0.3) is 11.1 Å². The summed E-state index contributed by atoms with van der Waals surface area (Å²) in [5, 5.41) is 7.04. The molecule has 18 heavy (non-hydrogen) atoms. The van der Waals surface area contributed by atoms with Crippen LogP contribution in [0, 0.1) is 12.7 Å². The van der Waals surface area contributed by atoms with E-state index in [-0.39, 0.29) is 5.82 Å². The second-order valence-corrected chi connectivity index (χ2v) is 4.37. The smallest absolute Gasteiger partial charge is 0.147 e. The van der Waals surface area contributed by atoms with E-state index in [1.165, 1.54) is 6.07 Å². The number of allylic oxidation sites excluding steroid dienone is 1. The zero-order valence-corrected chi connectivity index (χ0v) is 10.8. The first-order valence-electron chi connectivity index (χ1n) is 5.70. The molecule has 94 valence electrons. The fourth-order valence-electron chi connectivity index (χ4n) is 1.80. The van der Waals surface area contributed by atoms with Crippen molar-refractivity contribution in [3.05, 3.63) is 48.2 Å². The van der Waals surface area contributed by atoms with Crippen molar-refractivity contribution < 1.29 is 4.39 Å². The molecule has 1 heterocycles. The van der Waals surface area contributed by atoms with E-state index >= 15 is 0 Å². The van der Waals surface area contributed by atoms with Gasteiger partial charge in [-0.25, -0.2) is 4.39 Å². The minimum atomic E-state index is -0.293. The molecule has 0 radical (unpaired) electrons. The van der Waals surface area contributed by atoms with Crippen LogP contribution < -0.4 is 5.32 Å². The van der Waals surface area contributed by atoms with Gasteiger partial charge >= 0.3 is 0 Å². The van der Waals surface area contributed by atoms with E-state index < -0.39 is 0 Å². The SMILES string of the molecule is C=C(C)Nc1ccc(-c2cnn(C)c2C)cc1F. The molecule has 0 fully saturated rings. The van der Waals surface area contributed by atoms with Crippen molar-refractivity contribution in [1.82, 2.24) is 9.78 Å². The van der Waals surface area contributed by atoms with Crippen LogP contribution >= 0.6 is 0 Å². The van der Waals surface area contributed by atoms with Gasteiger partial charge in [-0.1, -0.05) is 12.6 Å².